The first-order valence-electron chi connectivity index (χ1n) is 5.55. The van der Waals surface area contributed by atoms with Crippen molar-refractivity contribution in [2.75, 3.05) is 0 Å². The van der Waals surface area contributed by atoms with Crippen LogP contribution in [0.25, 0.3) is 5.52 Å². The minimum atomic E-state index is -0.120. The van der Waals surface area contributed by atoms with E-state index in [1.807, 2.05) is 10.7 Å². The van der Waals surface area contributed by atoms with Crippen LogP contribution in [0.2, 0.25) is 0 Å². The molecule has 1 aliphatic rings. The summed E-state index contributed by atoms with van der Waals surface area (Å²) in [6.07, 6.45) is 6.64. The van der Waals surface area contributed by atoms with Gasteiger partial charge in [-0.2, -0.15) is 5.10 Å². The van der Waals surface area contributed by atoms with Gasteiger partial charge in [0.05, 0.1) is 22.3 Å². The number of aromatic nitrogens is 2. The van der Waals surface area contributed by atoms with E-state index in [9.17, 15) is 5.11 Å². The molecule has 4 heteroatoms. The lowest BCUT2D eigenvalue weighted by Crippen LogP contribution is -2.00. The lowest BCUT2D eigenvalue weighted by molar-refractivity contribution is 0.181. The number of pyridine rings is 1. The van der Waals surface area contributed by atoms with Crippen molar-refractivity contribution in [3.63, 3.8) is 0 Å². The van der Waals surface area contributed by atoms with Crippen molar-refractivity contribution in [3.8, 4) is 0 Å². The summed E-state index contributed by atoms with van der Waals surface area (Å²) in [5.74, 6) is 0.488. The van der Waals surface area contributed by atoms with Crippen LogP contribution in [-0.2, 0) is 0 Å². The number of fused-ring (bicyclic) bond motifs is 1. The lowest BCUT2D eigenvalue weighted by Gasteiger charge is -2.09. The summed E-state index contributed by atoms with van der Waals surface area (Å²) in [5.41, 5.74) is 2.36. The van der Waals surface area contributed by atoms with Gasteiger partial charge in [-0.3, -0.25) is 0 Å². The minimum Gasteiger partial charge on any atom is -0.393 e. The minimum absolute atomic E-state index is 0.120. The molecule has 84 valence electrons. The topological polar surface area (TPSA) is 37.5 Å². The van der Waals surface area contributed by atoms with E-state index in [4.69, 9.17) is 0 Å². The molecule has 0 saturated heterocycles. The van der Waals surface area contributed by atoms with Crippen LogP contribution in [0.5, 0.6) is 0 Å². The Hall–Kier alpha value is -0.870. The molecule has 0 radical (unpaired) electrons. The molecular weight excluding hydrogens is 268 g/mol. The van der Waals surface area contributed by atoms with E-state index in [1.165, 1.54) is 5.56 Å². The van der Waals surface area contributed by atoms with Crippen LogP contribution in [0.3, 0.4) is 0 Å². The maximum absolute atomic E-state index is 9.55. The monoisotopic (exact) mass is 280 g/mol. The summed E-state index contributed by atoms with van der Waals surface area (Å²) in [4.78, 5) is 0. The molecule has 2 atom stereocenters. The smallest absolute Gasteiger partial charge is 0.0804 e. The van der Waals surface area contributed by atoms with Crippen LogP contribution in [0.15, 0.2) is 29.0 Å². The van der Waals surface area contributed by atoms with Crippen LogP contribution in [0.4, 0.5) is 0 Å². The van der Waals surface area contributed by atoms with E-state index >= 15 is 0 Å². The van der Waals surface area contributed by atoms with Crippen molar-refractivity contribution in [2.45, 2.75) is 31.3 Å². The molecule has 0 amide bonds. The number of aliphatic hydroxyl groups excluding tert-OH is 1. The van der Waals surface area contributed by atoms with E-state index in [-0.39, 0.29) is 6.10 Å². The van der Waals surface area contributed by atoms with Gasteiger partial charge >= 0.3 is 0 Å². The van der Waals surface area contributed by atoms with Gasteiger partial charge in [-0.15, -0.1) is 0 Å². The number of nitrogens with zero attached hydrogens (tertiary/aromatic N) is 2. The van der Waals surface area contributed by atoms with Gasteiger partial charge in [-0.1, -0.05) is 6.07 Å². The first-order valence-corrected chi connectivity index (χ1v) is 6.34. The molecular formula is C12H13BrN2O. The summed E-state index contributed by atoms with van der Waals surface area (Å²) in [6, 6.07) is 4.22. The average molecular weight is 281 g/mol. The van der Waals surface area contributed by atoms with Gasteiger partial charge in [-0.25, -0.2) is 4.52 Å². The fourth-order valence-corrected chi connectivity index (χ4v) is 2.88. The molecule has 2 heterocycles. The second-order valence-electron chi connectivity index (χ2n) is 4.45. The summed E-state index contributed by atoms with van der Waals surface area (Å²) in [7, 11) is 0. The van der Waals surface area contributed by atoms with E-state index in [0.29, 0.717) is 5.92 Å². The van der Waals surface area contributed by atoms with E-state index in [0.717, 1.165) is 29.3 Å². The quantitative estimate of drug-likeness (QED) is 0.872. The Morgan fingerprint density at radius 3 is 3.00 bits per heavy atom. The van der Waals surface area contributed by atoms with Crippen molar-refractivity contribution in [3.05, 3.63) is 34.6 Å². The molecule has 0 aromatic carbocycles. The maximum atomic E-state index is 9.55. The van der Waals surface area contributed by atoms with Crippen LogP contribution >= 0.6 is 15.9 Å². The highest BCUT2D eigenvalue weighted by Crippen LogP contribution is 2.34. The van der Waals surface area contributed by atoms with Crippen molar-refractivity contribution in [1.82, 2.24) is 9.61 Å². The third kappa shape index (κ3) is 1.66. The molecule has 3 rings (SSSR count). The maximum Gasteiger partial charge on any atom is 0.0804 e. The fourth-order valence-electron chi connectivity index (χ4n) is 2.47. The Bertz CT molecular complexity index is 523. The fraction of sp³-hybridized carbons (Fsp3) is 0.417. The standard InChI is InChI=1S/C12H13BrN2O/c13-11-6-14-15-7-9(2-4-12(11)15)8-1-3-10(16)5-8/h2,4,6-8,10,16H,1,3,5H2. The summed E-state index contributed by atoms with van der Waals surface area (Å²) < 4.78 is 2.91. The molecule has 0 aliphatic heterocycles. The van der Waals surface area contributed by atoms with Gasteiger partial charge in [0.15, 0.2) is 0 Å². The number of rotatable bonds is 1. The van der Waals surface area contributed by atoms with Gasteiger partial charge in [0.1, 0.15) is 0 Å². The van der Waals surface area contributed by atoms with Crippen LogP contribution in [0.1, 0.15) is 30.7 Å². The van der Waals surface area contributed by atoms with E-state index < -0.39 is 0 Å². The normalized spacial score (nSPS) is 25.4. The zero-order chi connectivity index (χ0) is 11.1. The molecule has 1 aliphatic carbocycles. The number of hydrogen-bond donors (Lipinski definition) is 1. The van der Waals surface area contributed by atoms with Crippen LogP contribution < -0.4 is 0 Å². The molecule has 2 aromatic rings. The first kappa shape index (κ1) is 10.3. The van der Waals surface area contributed by atoms with Gasteiger partial charge in [0.25, 0.3) is 0 Å². The molecule has 1 N–H and O–H groups in total. The Kier molecular flexibility index (Phi) is 2.48. The molecule has 2 unspecified atom stereocenters. The second kappa shape index (κ2) is 3.86. The molecule has 3 nitrogen and oxygen atoms in total. The lowest BCUT2D eigenvalue weighted by atomic mass is 9.99. The van der Waals surface area contributed by atoms with Crippen LogP contribution in [-0.4, -0.2) is 20.8 Å². The van der Waals surface area contributed by atoms with Crippen molar-refractivity contribution in [1.29, 1.82) is 0 Å². The Labute approximate surface area is 102 Å². The third-order valence-electron chi connectivity index (χ3n) is 3.37. The van der Waals surface area contributed by atoms with Gasteiger partial charge < -0.3 is 5.11 Å². The molecule has 0 spiro atoms. The zero-order valence-electron chi connectivity index (χ0n) is 8.81. The van der Waals surface area contributed by atoms with E-state index in [2.05, 4.69) is 39.4 Å². The van der Waals surface area contributed by atoms with Gasteiger partial charge in [0, 0.05) is 6.20 Å². The molecule has 1 fully saturated rings. The Morgan fingerprint density at radius 2 is 2.25 bits per heavy atom. The molecule has 1 saturated carbocycles. The second-order valence-corrected chi connectivity index (χ2v) is 5.30. The highest BCUT2D eigenvalue weighted by molar-refractivity contribution is 9.10. The van der Waals surface area contributed by atoms with Crippen molar-refractivity contribution in [2.24, 2.45) is 0 Å². The highest BCUT2D eigenvalue weighted by atomic mass is 79.9. The summed E-state index contributed by atoms with van der Waals surface area (Å²) in [6.45, 7) is 0. The van der Waals surface area contributed by atoms with Crippen LogP contribution in [0, 0.1) is 0 Å². The number of hydrogen-bond acceptors (Lipinski definition) is 2. The predicted octanol–water partition coefficient (Wildman–Crippen LogP) is 2.73. The molecule has 16 heavy (non-hydrogen) atoms. The zero-order valence-corrected chi connectivity index (χ0v) is 10.4. The van der Waals surface area contributed by atoms with E-state index in [1.54, 1.807) is 0 Å². The average Bonchev–Trinajstić information content (AvgIpc) is 2.86. The number of aliphatic hydroxyl groups is 1. The number of halogens is 1. The third-order valence-corrected chi connectivity index (χ3v) is 3.98. The van der Waals surface area contributed by atoms with Crippen molar-refractivity contribution >= 4 is 21.4 Å². The van der Waals surface area contributed by atoms with Crippen molar-refractivity contribution < 1.29 is 5.11 Å². The summed E-state index contributed by atoms with van der Waals surface area (Å²) in [5, 5.41) is 13.8. The Morgan fingerprint density at radius 1 is 1.38 bits per heavy atom. The first-order chi connectivity index (χ1) is 7.74. The highest BCUT2D eigenvalue weighted by Gasteiger charge is 2.24. The predicted molar refractivity (Wildman–Crippen MR) is 65.5 cm³/mol. The Balaban J connectivity index is 1.99. The summed E-state index contributed by atoms with van der Waals surface area (Å²) >= 11 is 3.46. The largest absolute Gasteiger partial charge is 0.393 e. The van der Waals surface area contributed by atoms with Gasteiger partial charge in [-0.05, 0) is 52.7 Å². The van der Waals surface area contributed by atoms with Gasteiger partial charge in [0.2, 0.25) is 0 Å². The molecule has 2 aromatic heterocycles. The SMILES string of the molecule is OC1CCC(c2ccc3c(Br)cnn3c2)C1. The molecule has 0 bridgehead atoms.